The highest BCUT2D eigenvalue weighted by Gasteiger charge is 2.20. The monoisotopic (exact) mass is 329 g/mol. The number of benzene rings is 1. The minimum atomic E-state index is -1.20. The smallest absolute Gasteiger partial charge is 0.340 e. The zero-order valence-corrected chi connectivity index (χ0v) is 13.0. The van der Waals surface area contributed by atoms with Crippen LogP contribution < -0.4 is 14.9 Å². The molecule has 1 aromatic carbocycles. The number of nitrogens with one attached hydrogen (secondary N) is 1. The molecule has 8 heteroatoms. The van der Waals surface area contributed by atoms with Crippen LogP contribution in [0, 0.1) is 0 Å². The van der Waals surface area contributed by atoms with Crippen molar-refractivity contribution in [1.29, 1.82) is 0 Å². The number of carbonyl (C=O) groups excluding carboxylic acids is 1. The maximum absolute atomic E-state index is 11.9. The van der Waals surface area contributed by atoms with E-state index in [1.165, 1.54) is 51.0 Å². The number of pyridine rings is 1. The third-order valence-corrected chi connectivity index (χ3v) is 3.10. The molecule has 0 aliphatic rings. The average Bonchev–Trinajstić information content (AvgIpc) is 2.61. The van der Waals surface area contributed by atoms with Crippen molar-refractivity contribution in [3.63, 3.8) is 0 Å². The standard InChI is InChI=1S/C16H15N3O5/c1-23-12-4-3-11(13(16(21)22)14(12)24-2)9-18-19-15(20)10-5-7-17-8-6-10/h3-9H,1-2H3,(H,19,20)(H,21,22)/b18-9-. The fourth-order valence-electron chi connectivity index (χ4n) is 2.00. The normalized spacial score (nSPS) is 10.4. The number of carboxylic acids is 1. The summed E-state index contributed by atoms with van der Waals surface area (Å²) in [6.45, 7) is 0. The maximum Gasteiger partial charge on any atom is 0.340 e. The number of hydrogen-bond donors (Lipinski definition) is 2. The first-order valence-electron chi connectivity index (χ1n) is 6.80. The van der Waals surface area contributed by atoms with Gasteiger partial charge in [-0.2, -0.15) is 5.10 Å². The minimum Gasteiger partial charge on any atom is -0.493 e. The summed E-state index contributed by atoms with van der Waals surface area (Å²) >= 11 is 0. The molecule has 0 saturated heterocycles. The lowest BCUT2D eigenvalue weighted by molar-refractivity contribution is 0.0692. The SMILES string of the molecule is COc1ccc(/C=N\NC(=O)c2ccncc2)c(C(=O)O)c1OC. The van der Waals surface area contributed by atoms with Gasteiger partial charge in [0.15, 0.2) is 11.5 Å². The lowest BCUT2D eigenvalue weighted by atomic mass is 10.1. The molecule has 0 radical (unpaired) electrons. The molecule has 1 heterocycles. The summed E-state index contributed by atoms with van der Waals surface area (Å²) in [5.74, 6) is -1.28. The lowest BCUT2D eigenvalue weighted by Crippen LogP contribution is -2.18. The van der Waals surface area contributed by atoms with Gasteiger partial charge in [-0.1, -0.05) is 0 Å². The van der Waals surface area contributed by atoms with Gasteiger partial charge in [0.2, 0.25) is 0 Å². The molecule has 0 atom stereocenters. The molecule has 1 amide bonds. The predicted molar refractivity (Wildman–Crippen MR) is 85.8 cm³/mol. The van der Waals surface area contributed by atoms with Crippen molar-refractivity contribution in [2.75, 3.05) is 14.2 Å². The zero-order valence-electron chi connectivity index (χ0n) is 13.0. The van der Waals surface area contributed by atoms with Gasteiger partial charge in [-0.15, -0.1) is 0 Å². The van der Waals surface area contributed by atoms with Crippen LogP contribution in [0.2, 0.25) is 0 Å². The van der Waals surface area contributed by atoms with E-state index in [2.05, 4.69) is 15.5 Å². The summed E-state index contributed by atoms with van der Waals surface area (Å²) < 4.78 is 10.2. The molecule has 0 aliphatic carbocycles. The lowest BCUT2D eigenvalue weighted by Gasteiger charge is -2.12. The first-order valence-corrected chi connectivity index (χ1v) is 6.80. The Morgan fingerprint density at radius 1 is 1.17 bits per heavy atom. The molecular formula is C16H15N3O5. The zero-order chi connectivity index (χ0) is 17.5. The van der Waals surface area contributed by atoms with Crippen LogP contribution in [0.5, 0.6) is 11.5 Å². The highest BCUT2D eigenvalue weighted by atomic mass is 16.5. The molecule has 8 nitrogen and oxygen atoms in total. The average molecular weight is 329 g/mol. The van der Waals surface area contributed by atoms with Crippen molar-refractivity contribution < 1.29 is 24.2 Å². The number of nitrogens with zero attached hydrogens (tertiary/aromatic N) is 2. The molecule has 2 N–H and O–H groups in total. The Morgan fingerprint density at radius 3 is 2.46 bits per heavy atom. The number of amides is 1. The molecule has 0 saturated carbocycles. The highest BCUT2D eigenvalue weighted by molar-refractivity contribution is 6.02. The van der Waals surface area contributed by atoms with Crippen LogP contribution >= 0.6 is 0 Å². The fourth-order valence-corrected chi connectivity index (χ4v) is 2.00. The third kappa shape index (κ3) is 3.67. The van der Waals surface area contributed by atoms with E-state index in [9.17, 15) is 14.7 Å². The van der Waals surface area contributed by atoms with E-state index >= 15 is 0 Å². The van der Waals surface area contributed by atoms with Gasteiger partial charge in [-0.25, -0.2) is 10.2 Å². The van der Waals surface area contributed by atoms with Gasteiger partial charge >= 0.3 is 5.97 Å². The van der Waals surface area contributed by atoms with Gasteiger partial charge < -0.3 is 14.6 Å². The molecular weight excluding hydrogens is 314 g/mol. The van der Waals surface area contributed by atoms with Crippen LogP contribution in [-0.2, 0) is 0 Å². The van der Waals surface area contributed by atoms with Crippen LogP contribution in [0.1, 0.15) is 26.3 Å². The van der Waals surface area contributed by atoms with Gasteiger partial charge in [-0.3, -0.25) is 9.78 Å². The van der Waals surface area contributed by atoms with Crippen LogP contribution in [0.25, 0.3) is 0 Å². The van der Waals surface area contributed by atoms with E-state index in [-0.39, 0.29) is 22.6 Å². The van der Waals surface area contributed by atoms with E-state index in [1.807, 2.05) is 0 Å². The topological polar surface area (TPSA) is 110 Å². The molecule has 124 valence electrons. The number of aromatic nitrogens is 1. The number of methoxy groups -OCH3 is 2. The van der Waals surface area contributed by atoms with Crippen LogP contribution in [-0.4, -0.2) is 42.4 Å². The van der Waals surface area contributed by atoms with Crippen molar-refractivity contribution in [2.45, 2.75) is 0 Å². The van der Waals surface area contributed by atoms with Gasteiger partial charge in [0.1, 0.15) is 5.56 Å². The number of rotatable bonds is 6. The first-order chi connectivity index (χ1) is 11.6. The molecule has 0 bridgehead atoms. The van der Waals surface area contributed by atoms with Crippen molar-refractivity contribution in [2.24, 2.45) is 5.10 Å². The van der Waals surface area contributed by atoms with E-state index < -0.39 is 11.9 Å². The van der Waals surface area contributed by atoms with Crippen LogP contribution in [0.4, 0.5) is 0 Å². The number of hydrazone groups is 1. The van der Waals surface area contributed by atoms with Gasteiger partial charge in [0.05, 0.1) is 20.4 Å². The Labute approximate surface area is 137 Å². The molecule has 0 fully saturated rings. The third-order valence-electron chi connectivity index (χ3n) is 3.10. The summed E-state index contributed by atoms with van der Waals surface area (Å²) in [6.07, 6.45) is 4.19. The second kappa shape index (κ2) is 7.73. The Bertz CT molecular complexity index is 775. The second-order valence-corrected chi connectivity index (χ2v) is 4.51. The Kier molecular flexibility index (Phi) is 5.45. The second-order valence-electron chi connectivity index (χ2n) is 4.51. The van der Waals surface area contributed by atoms with E-state index in [0.29, 0.717) is 5.56 Å². The Hall–Kier alpha value is -3.42. The summed E-state index contributed by atoms with van der Waals surface area (Å²) in [6, 6.07) is 6.12. The van der Waals surface area contributed by atoms with Crippen molar-refractivity contribution in [3.8, 4) is 11.5 Å². The fraction of sp³-hybridized carbons (Fsp3) is 0.125. The van der Waals surface area contributed by atoms with Crippen molar-refractivity contribution >= 4 is 18.1 Å². The molecule has 2 aromatic rings. The van der Waals surface area contributed by atoms with Crippen LogP contribution in [0.15, 0.2) is 41.8 Å². The predicted octanol–water partition coefficient (Wildman–Crippen LogP) is 1.56. The summed E-state index contributed by atoms with van der Waals surface area (Å²) in [5.41, 5.74) is 2.85. The van der Waals surface area contributed by atoms with Crippen molar-refractivity contribution in [1.82, 2.24) is 10.4 Å². The summed E-state index contributed by atoms with van der Waals surface area (Å²) in [7, 11) is 2.75. The molecule has 0 aliphatic heterocycles. The molecule has 0 unspecified atom stereocenters. The molecule has 24 heavy (non-hydrogen) atoms. The van der Waals surface area contributed by atoms with Gasteiger partial charge in [-0.05, 0) is 24.3 Å². The van der Waals surface area contributed by atoms with Gasteiger partial charge in [0, 0.05) is 23.5 Å². The Balaban J connectivity index is 2.26. The maximum atomic E-state index is 11.9. The van der Waals surface area contributed by atoms with Crippen molar-refractivity contribution in [3.05, 3.63) is 53.3 Å². The Morgan fingerprint density at radius 2 is 1.88 bits per heavy atom. The first kappa shape index (κ1) is 16.9. The number of carbonyl (C=O) groups is 2. The molecule has 1 aromatic heterocycles. The van der Waals surface area contributed by atoms with E-state index in [0.717, 1.165) is 0 Å². The number of ether oxygens (including phenoxy) is 2. The summed E-state index contributed by atoms with van der Waals surface area (Å²) in [4.78, 5) is 27.2. The minimum absolute atomic E-state index is 0.0782. The summed E-state index contributed by atoms with van der Waals surface area (Å²) in [5, 5.41) is 13.2. The number of hydrogen-bond acceptors (Lipinski definition) is 6. The quantitative estimate of drug-likeness (QED) is 0.615. The van der Waals surface area contributed by atoms with E-state index in [4.69, 9.17) is 9.47 Å². The van der Waals surface area contributed by atoms with Gasteiger partial charge in [0.25, 0.3) is 5.91 Å². The largest absolute Gasteiger partial charge is 0.493 e. The molecule has 2 rings (SSSR count). The number of aromatic carboxylic acids is 1. The highest BCUT2D eigenvalue weighted by Crippen LogP contribution is 2.32. The van der Waals surface area contributed by atoms with Crippen LogP contribution in [0.3, 0.4) is 0 Å². The van der Waals surface area contributed by atoms with E-state index in [1.54, 1.807) is 6.07 Å². The number of carboxylic acid groups (broad SMARTS) is 1. The molecule has 0 spiro atoms.